The molecule has 11 nitrogen and oxygen atoms in total. The number of aliphatic carboxylic acids is 3. The zero-order chi connectivity index (χ0) is 27.6. The van der Waals surface area contributed by atoms with Crippen molar-refractivity contribution in [2.45, 2.75) is 45.0 Å². The fourth-order valence-electron chi connectivity index (χ4n) is 3.40. The van der Waals surface area contributed by atoms with Crippen LogP contribution in [0.3, 0.4) is 0 Å². The van der Waals surface area contributed by atoms with Crippen LogP contribution < -0.4 is 0 Å². The van der Waals surface area contributed by atoms with E-state index in [-0.39, 0.29) is 0 Å². The third kappa shape index (κ3) is 9.30. The number of rotatable bonds is 11. The summed E-state index contributed by atoms with van der Waals surface area (Å²) in [5.74, 6) is -4.00. The molecule has 2 aromatic heterocycles. The van der Waals surface area contributed by atoms with Crippen LogP contribution in [-0.2, 0) is 41.1 Å². The Morgan fingerprint density at radius 2 is 1.57 bits per heavy atom. The maximum absolute atomic E-state index is 10.3. The molecule has 0 atom stereocenters. The highest BCUT2D eigenvalue weighted by Crippen LogP contribution is 2.20. The van der Waals surface area contributed by atoms with E-state index in [9.17, 15) is 14.4 Å². The van der Waals surface area contributed by atoms with Crippen LogP contribution in [0.2, 0.25) is 5.02 Å². The summed E-state index contributed by atoms with van der Waals surface area (Å²) in [5.41, 5.74) is 0.602. The summed E-state index contributed by atoms with van der Waals surface area (Å²) in [4.78, 5) is 41.7. The van der Waals surface area contributed by atoms with Crippen LogP contribution in [-0.4, -0.2) is 63.4 Å². The number of carboxylic acids is 3. The van der Waals surface area contributed by atoms with Crippen molar-refractivity contribution >= 4 is 29.5 Å². The third-order valence-corrected chi connectivity index (χ3v) is 5.82. The number of hydrogen-bond donors (Lipinski definition) is 4. The molecule has 12 heteroatoms. The number of aromatic nitrogens is 3. The molecule has 4 N–H and O–H groups in total. The third-order valence-electron chi connectivity index (χ3n) is 5.45. The van der Waals surface area contributed by atoms with E-state index in [2.05, 4.69) is 25.5 Å². The van der Waals surface area contributed by atoms with Crippen LogP contribution in [0.15, 0.2) is 54.9 Å². The normalized spacial score (nSPS) is 11.1. The van der Waals surface area contributed by atoms with E-state index in [0.717, 1.165) is 41.7 Å². The molecule has 0 amide bonds. The lowest BCUT2D eigenvalue weighted by Crippen LogP contribution is -2.42. The molecular formula is C25H29ClN4O7. The van der Waals surface area contributed by atoms with Crippen molar-refractivity contribution in [3.8, 4) is 0 Å². The molecule has 0 unspecified atom stereocenters. The average molecular weight is 533 g/mol. The largest absolute Gasteiger partial charge is 0.481 e. The molecular weight excluding hydrogens is 504 g/mol. The van der Waals surface area contributed by atoms with Gasteiger partial charge in [-0.05, 0) is 30.7 Å². The maximum atomic E-state index is 10.3. The number of benzene rings is 1. The minimum Gasteiger partial charge on any atom is -0.481 e. The average Bonchev–Trinajstić information content (AvgIpc) is 3.12. The molecule has 0 radical (unpaired) electrons. The molecule has 198 valence electrons. The molecule has 3 rings (SSSR count). The summed E-state index contributed by atoms with van der Waals surface area (Å²) in [6.45, 7) is 4.33. The summed E-state index contributed by atoms with van der Waals surface area (Å²) in [5, 5.41) is 34.6. The van der Waals surface area contributed by atoms with Gasteiger partial charge >= 0.3 is 17.9 Å². The molecule has 0 bridgehead atoms. The van der Waals surface area contributed by atoms with E-state index in [1.807, 2.05) is 62.8 Å². The predicted molar refractivity (Wildman–Crippen MR) is 134 cm³/mol. The van der Waals surface area contributed by atoms with Gasteiger partial charge < -0.3 is 25.0 Å². The van der Waals surface area contributed by atoms with Crippen LogP contribution in [0.5, 0.6) is 0 Å². The summed E-state index contributed by atoms with van der Waals surface area (Å²) >= 11 is 6.35. The molecule has 0 aliphatic carbocycles. The van der Waals surface area contributed by atoms with Crippen LogP contribution in [0.25, 0.3) is 0 Å². The van der Waals surface area contributed by atoms with Gasteiger partial charge in [0, 0.05) is 44.1 Å². The van der Waals surface area contributed by atoms with E-state index >= 15 is 0 Å². The Morgan fingerprint density at radius 1 is 0.946 bits per heavy atom. The Kier molecular flexibility index (Phi) is 10.7. The first kappa shape index (κ1) is 29.4. The van der Waals surface area contributed by atoms with Crippen molar-refractivity contribution in [3.05, 3.63) is 82.7 Å². The van der Waals surface area contributed by atoms with Crippen molar-refractivity contribution in [3.63, 3.8) is 0 Å². The molecule has 37 heavy (non-hydrogen) atoms. The number of nitrogens with zero attached hydrogens (tertiary/aromatic N) is 4. The molecule has 0 spiro atoms. The highest BCUT2D eigenvalue weighted by atomic mass is 35.5. The van der Waals surface area contributed by atoms with Gasteiger partial charge in [0.05, 0.1) is 24.2 Å². The highest BCUT2D eigenvalue weighted by Gasteiger charge is 2.40. The van der Waals surface area contributed by atoms with Gasteiger partial charge in [-0.2, -0.15) is 0 Å². The van der Waals surface area contributed by atoms with Crippen molar-refractivity contribution in [1.82, 2.24) is 19.4 Å². The lowest BCUT2D eigenvalue weighted by molar-refractivity contribution is -0.170. The smallest absolute Gasteiger partial charge is 0.336 e. The molecule has 3 aromatic rings. The Bertz CT molecular complexity index is 1200. The number of pyridine rings is 1. The minimum absolute atomic E-state index is 0.760. The van der Waals surface area contributed by atoms with E-state index in [1.54, 1.807) is 0 Å². The van der Waals surface area contributed by atoms with Gasteiger partial charge in [-0.3, -0.25) is 19.5 Å². The molecule has 0 fully saturated rings. The lowest BCUT2D eigenvalue weighted by Gasteiger charge is -2.23. The minimum atomic E-state index is -2.74. The first-order valence-corrected chi connectivity index (χ1v) is 11.5. The Labute approximate surface area is 218 Å². The molecule has 0 saturated carbocycles. The standard InChI is InChI=1S/C19H21ClN4.C6H8O7/c1-15-22-11-18(23(15)2)14-24(13-17-8-5-6-10-21-17)12-16-7-3-4-9-19(16)20;7-3(8)1-6(13,5(11)12)2-4(9)10/h3-11H,12-14H2,1-2H3;13H,1-2H2,(H,7,8)(H,9,10)(H,11,12). The monoisotopic (exact) mass is 532 g/mol. The van der Waals surface area contributed by atoms with E-state index < -0.39 is 36.4 Å². The predicted octanol–water partition coefficient (Wildman–Crippen LogP) is 2.73. The molecule has 0 aliphatic rings. The molecule has 1 aromatic carbocycles. The van der Waals surface area contributed by atoms with Crippen molar-refractivity contribution in [2.24, 2.45) is 7.05 Å². The van der Waals surface area contributed by atoms with E-state index in [1.165, 1.54) is 5.69 Å². The van der Waals surface area contributed by atoms with E-state index in [0.29, 0.717) is 0 Å². The second kappa shape index (κ2) is 13.5. The second-order valence-corrected chi connectivity index (χ2v) is 8.80. The summed E-state index contributed by atoms with van der Waals surface area (Å²) in [6.07, 6.45) is 1.48. The maximum Gasteiger partial charge on any atom is 0.336 e. The zero-order valence-corrected chi connectivity index (χ0v) is 21.2. The lowest BCUT2D eigenvalue weighted by atomic mass is 9.96. The molecule has 0 aliphatic heterocycles. The second-order valence-electron chi connectivity index (χ2n) is 8.39. The number of carbonyl (C=O) groups is 3. The van der Waals surface area contributed by atoms with Crippen LogP contribution in [0.4, 0.5) is 0 Å². The zero-order valence-electron chi connectivity index (χ0n) is 20.4. The van der Waals surface area contributed by atoms with Gasteiger partial charge in [-0.15, -0.1) is 0 Å². The van der Waals surface area contributed by atoms with Crippen molar-refractivity contribution in [2.75, 3.05) is 0 Å². The van der Waals surface area contributed by atoms with Gasteiger partial charge in [-0.25, -0.2) is 9.78 Å². The molecule has 0 saturated heterocycles. The number of aryl methyl sites for hydroxylation is 1. The van der Waals surface area contributed by atoms with E-state index in [4.69, 9.17) is 32.0 Å². The number of halogens is 1. The molecule has 2 heterocycles. The Hall–Kier alpha value is -3.80. The summed E-state index contributed by atoms with van der Waals surface area (Å²) < 4.78 is 2.12. The van der Waals surface area contributed by atoms with Crippen molar-refractivity contribution < 1.29 is 34.8 Å². The highest BCUT2D eigenvalue weighted by molar-refractivity contribution is 6.31. The number of carboxylic acid groups (broad SMARTS) is 3. The van der Waals surface area contributed by atoms with Gasteiger partial charge in [0.1, 0.15) is 5.82 Å². The van der Waals surface area contributed by atoms with Crippen LogP contribution >= 0.6 is 11.6 Å². The summed E-state index contributed by atoms with van der Waals surface area (Å²) in [6, 6.07) is 14.0. The first-order chi connectivity index (χ1) is 17.4. The summed E-state index contributed by atoms with van der Waals surface area (Å²) in [7, 11) is 2.05. The topological polar surface area (TPSA) is 166 Å². The van der Waals surface area contributed by atoms with Gasteiger partial charge in [0.2, 0.25) is 0 Å². The van der Waals surface area contributed by atoms with Gasteiger partial charge in [0.15, 0.2) is 5.60 Å². The Morgan fingerprint density at radius 3 is 2.05 bits per heavy atom. The Balaban J connectivity index is 0.000000317. The number of imidazole rings is 1. The first-order valence-electron chi connectivity index (χ1n) is 11.1. The van der Waals surface area contributed by atoms with Crippen LogP contribution in [0, 0.1) is 6.92 Å². The van der Waals surface area contributed by atoms with Crippen molar-refractivity contribution in [1.29, 1.82) is 0 Å². The fourth-order valence-corrected chi connectivity index (χ4v) is 3.59. The van der Waals surface area contributed by atoms with Gasteiger partial charge in [0.25, 0.3) is 0 Å². The quantitative estimate of drug-likeness (QED) is 0.288. The number of aliphatic hydroxyl groups is 1. The van der Waals surface area contributed by atoms with Crippen LogP contribution in [0.1, 0.15) is 35.6 Å². The van der Waals surface area contributed by atoms with Gasteiger partial charge in [-0.1, -0.05) is 35.9 Å². The SMILES string of the molecule is Cc1ncc(CN(Cc2ccccn2)Cc2ccccc2Cl)n1C.O=C(O)CC(O)(CC(=O)O)C(=O)O. The number of hydrogen-bond acceptors (Lipinski definition) is 7. The fraction of sp³-hybridized carbons (Fsp3) is 0.320.